The number of ketones is 2. The Labute approximate surface area is 201 Å². The van der Waals surface area contributed by atoms with E-state index < -0.39 is 63.8 Å². The molecule has 0 aliphatic heterocycles. The van der Waals surface area contributed by atoms with Crippen LogP contribution in [0.25, 0.3) is 0 Å². The van der Waals surface area contributed by atoms with Gasteiger partial charge in [0.2, 0.25) is 5.78 Å². The summed E-state index contributed by atoms with van der Waals surface area (Å²) in [4.78, 5) is 42.3. The third-order valence-electron chi connectivity index (χ3n) is 7.34. The molecule has 1 amide bonds. The molecule has 1 aromatic carbocycles. The number of carbonyl (C=O) groups is 3. The van der Waals surface area contributed by atoms with E-state index in [1.54, 1.807) is 39.2 Å². The zero-order valence-corrected chi connectivity index (χ0v) is 19.8. The van der Waals surface area contributed by atoms with Crippen molar-refractivity contribution in [3.05, 3.63) is 45.4 Å². The van der Waals surface area contributed by atoms with Gasteiger partial charge in [-0.3, -0.25) is 19.3 Å². The molecule has 184 valence electrons. The molecule has 10 nitrogen and oxygen atoms in total. The number of fused-ring (bicyclic) bond motifs is 3. The molecule has 4 atom stereocenters. The van der Waals surface area contributed by atoms with Crippen LogP contribution in [-0.2, 0) is 16.0 Å². The van der Waals surface area contributed by atoms with Crippen LogP contribution in [0.1, 0.15) is 27.9 Å². The number of hydrogen-bond donors (Lipinski definition) is 5. The summed E-state index contributed by atoms with van der Waals surface area (Å²) in [6.07, 6.45) is 5.74. The van der Waals surface area contributed by atoms with Crippen molar-refractivity contribution in [2.24, 2.45) is 17.6 Å². The summed E-state index contributed by atoms with van der Waals surface area (Å²) in [7, 11) is 6.68. The van der Waals surface area contributed by atoms with Crippen LogP contribution in [0.3, 0.4) is 0 Å². The number of anilines is 1. The lowest BCUT2D eigenvalue weighted by atomic mass is 9.58. The summed E-state index contributed by atoms with van der Waals surface area (Å²) < 4.78 is 0. The number of nitrogens with zero attached hydrogens (tertiary/aromatic N) is 2. The maximum Gasteiger partial charge on any atom is 0.255 e. The minimum atomic E-state index is -2.67. The van der Waals surface area contributed by atoms with Crippen LogP contribution >= 0.6 is 0 Å². The summed E-state index contributed by atoms with van der Waals surface area (Å²) in [5, 5.41) is 44.5. The van der Waals surface area contributed by atoms with Crippen LogP contribution in [0.4, 0.5) is 5.69 Å². The quantitative estimate of drug-likeness (QED) is 0.299. The van der Waals surface area contributed by atoms with Gasteiger partial charge < -0.3 is 31.1 Å². The zero-order valence-electron chi connectivity index (χ0n) is 19.8. The van der Waals surface area contributed by atoms with Gasteiger partial charge in [-0.1, -0.05) is 5.92 Å². The van der Waals surface area contributed by atoms with Crippen LogP contribution in [0.5, 0.6) is 5.75 Å². The Hall–Kier alpha value is -3.81. The van der Waals surface area contributed by atoms with Gasteiger partial charge in [0.1, 0.15) is 22.8 Å². The molecule has 0 spiro atoms. The van der Waals surface area contributed by atoms with E-state index in [4.69, 9.17) is 12.2 Å². The molecule has 0 heterocycles. The fraction of sp³-hybridized carbons (Fsp3) is 0.400. The van der Waals surface area contributed by atoms with Crippen molar-refractivity contribution in [2.45, 2.75) is 24.5 Å². The molecule has 3 aliphatic rings. The Morgan fingerprint density at radius 3 is 2.34 bits per heavy atom. The second-order valence-electron chi connectivity index (χ2n) is 9.65. The minimum Gasteiger partial charge on any atom is -0.510 e. The number of Topliss-reactive ketones (excluding diaryl/α,β-unsaturated/α-hetero) is 2. The average molecular weight is 482 g/mol. The number of phenolic OH excluding ortho intramolecular Hbond substituents is 1. The Balaban J connectivity index is 2.01. The lowest BCUT2D eigenvalue weighted by Crippen LogP contribution is -2.63. The molecule has 1 aromatic rings. The van der Waals surface area contributed by atoms with Gasteiger partial charge in [0.05, 0.1) is 17.2 Å². The van der Waals surface area contributed by atoms with Crippen LogP contribution in [0, 0.1) is 24.2 Å². The van der Waals surface area contributed by atoms with Gasteiger partial charge in [-0.15, -0.1) is 6.42 Å². The lowest BCUT2D eigenvalue weighted by Gasteiger charge is -2.50. The number of carbonyl (C=O) groups excluding carboxylic acids is 3. The summed E-state index contributed by atoms with van der Waals surface area (Å²) in [5.74, 6) is -4.63. The lowest BCUT2D eigenvalue weighted by molar-refractivity contribution is -0.148. The third kappa shape index (κ3) is 3.08. The number of aliphatic hydroxyl groups is 3. The van der Waals surface area contributed by atoms with Gasteiger partial charge in [0.15, 0.2) is 11.4 Å². The van der Waals surface area contributed by atoms with Crippen molar-refractivity contribution in [2.75, 3.05) is 33.1 Å². The average Bonchev–Trinajstić information content (AvgIpc) is 2.75. The number of terminal acetylenes is 1. The molecule has 10 heteroatoms. The Bertz CT molecular complexity index is 1300. The highest BCUT2D eigenvalue weighted by molar-refractivity contribution is 6.25. The predicted octanol–water partition coefficient (Wildman–Crippen LogP) is 0.168. The van der Waals surface area contributed by atoms with Crippen LogP contribution < -0.4 is 10.6 Å². The SMILES string of the molecule is C#Cc1cc(N(C)C)c2c(c1O)C(=O)C1=C(O)C3(O)C(=O)C(C(N)=O)=C(O)C(N(C)C)C3CC1C2. The van der Waals surface area contributed by atoms with E-state index in [9.17, 15) is 34.8 Å². The molecule has 0 saturated heterocycles. The second-order valence-corrected chi connectivity index (χ2v) is 9.65. The third-order valence-corrected chi connectivity index (χ3v) is 7.34. The monoisotopic (exact) mass is 481 g/mol. The smallest absolute Gasteiger partial charge is 0.255 e. The number of nitrogens with two attached hydrogens (primary N) is 1. The Kier molecular flexibility index (Phi) is 5.46. The number of allylic oxidation sites excluding steroid dienone is 1. The zero-order chi connectivity index (χ0) is 26.1. The Morgan fingerprint density at radius 1 is 1.20 bits per heavy atom. The van der Waals surface area contributed by atoms with Crippen molar-refractivity contribution in [3.63, 3.8) is 0 Å². The molecule has 0 radical (unpaired) electrons. The van der Waals surface area contributed by atoms with Crippen LogP contribution in [-0.4, -0.2) is 82.6 Å². The van der Waals surface area contributed by atoms with E-state index in [0.717, 1.165) is 0 Å². The van der Waals surface area contributed by atoms with Crippen molar-refractivity contribution < 1.29 is 34.8 Å². The fourth-order valence-corrected chi connectivity index (χ4v) is 5.81. The fourth-order valence-electron chi connectivity index (χ4n) is 5.81. The highest BCUT2D eigenvalue weighted by Gasteiger charge is 2.63. The number of phenols is 1. The highest BCUT2D eigenvalue weighted by atomic mass is 16.3. The molecule has 35 heavy (non-hydrogen) atoms. The molecular weight excluding hydrogens is 454 g/mol. The van der Waals surface area contributed by atoms with Crippen LogP contribution in [0.2, 0.25) is 0 Å². The highest BCUT2D eigenvalue weighted by Crippen LogP contribution is 2.53. The number of aliphatic hydroxyl groups excluding tert-OH is 2. The first-order valence-electron chi connectivity index (χ1n) is 11.0. The van der Waals surface area contributed by atoms with Crippen molar-refractivity contribution in [1.29, 1.82) is 0 Å². The molecule has 4 rings (SSSR count). The summed E-state index contributed by atoms with van der Waals surface area (Å²) in [6, 6.07) is 0.557. The van der Waals surface area contributed by atoms with Gasteiger partial charge in [0, 0.05) is 31.3 Å². The Morgan fingerprint density at radius 2 is 1.83 bits per heavy atom. The molecule has 0 saturated carbocycles. The van der Waals surface area contributed by atoms with Gasteiger partial charge in [-0.05, 0) is 44.5 Å². The molecule has 0 aromatic heterocycles. The maximum atomic E-state index is 13.7. The first-order valence-corrected chi connectivity index (χ1v) is 11.0. The molecule has 3 aliphatic carbocycles. The van der Waals surface area contributed by atoms with Gasteiger partial charge >= 0.3 is 0 Å². The van der Waals surface area contributed by atoms with E-state index in [2.05, 4.69) is 5.92 Å². The number of likely N-dealkylation sites (N-methyl/N-ethyl adjacent to an activating group) is 1. The molecule has 0 bridgehead atoms. The van der Waals surface area contributed by atoms with Crippen molar-refractivity contribution in [1.82, 2.24) is 4.90 Å². The topological polar surface area (TPSA) is 165 Å². The largest absolute Gasteiger partial charge is 0.510 e. The predicted molar refractivity (Wildman–Crippen MR) is 126 cm³/mol. The number of primary amides is 1. The van der Waals surface area contributed by atoms with E-state index in [-0.39, 0.29) is 29.5 Å². The standard InChI is InChI=1S/C25H27N3O7/c1-6-10-9-14(27(2)3)12-7-11-8-13-18(28(4)5)21(31)17(24(26)34)23(33)25(13,35)22(32)15(11)20(30)16(12)19(10)29/h1,9,11,13,18,29,31-32,35H,7-8H2,2-5H3,(H2,26,34). The van der Waals surface area contributed by atoms with E-state index in [1.165, 1.54) is 4.90 Å². The van der Waals surface area contributed by atoms with Gasteiger partial charge in [0.25, 0.3) is 5.91 Å². The van der Waals surface area contributed by atoms with E-state index in [1.807, 2.05) is 0 Å². The normalized spacial score (nSPS) is 27.9. The number of aromatic hydroxyl groups is 1. The molecular formula is C25H27N3O7. The van der Waals surface area contributed by atoms with Crippen LogP contribution in [0.15, 0.2) is 28.7 Å². The number of rotatable bonds is 3. The van der Waals surface area contributed by atoms with Gasteiger partial charge in [-0.2, -0.15) is 0 Å². The summed E-state index contributed by atoms with van der Waals surface area (Å²) in [6.45, 7) is 0. The molecule has 6 N–H and O–H groups in total. The number of amides is 1. The summed E-state index contributed by atoms with van der Waals surface area (Å²) in [5.41, 5.74) is 2.69. The minimum absolute atomic E-state index is 0.0241. The summed E-state index contributed by atoms with van der Waals surface area (Å²) >= 11 is 0. The first kappa shape index (κ1) is 24.3. The van der Waals surface area contributed by atoms with Crippen molar-refractivity contribution >= 4 is 23.2 Å². The second kappa shape index (κ2) is 7.86. The van der Waals surface area contributed by atoms with Crippen molar-refractivity contribution in [3.8, 4) is 18.1 Å². The number of benzene rings is 1. The number of hydrogen-bond acceptors (Lipinski definition) is 9. The maximum absolute atomic E-state index is 13.7. The van der Waals surface area contributed by atoms with E-state index >= 15 is 0 Å². The molecule has 0 fully saturated rings. The van der Waals surface area contributed by atoms with E-state index in [0.29, 0.717) is 11.3 Å². The van der Waals surface area contributed by atoms with Gasteiger partial charge in [-0.25, -0.2) is 0 Å². The molecule has 4 unspecified atom stereocenters. The first-order chi connectivity index (χ1) is 16.3.